The van der Waals surface area contributed by atoms with Gasteiger partial charge in [-0.25, -0.2) is 9.97 Å². The van der Waals surface area contributed by atoms with Crippen molar-refractivity contribution in [2.45, 2.75) is 26.2 Å². The molecule has 7 nitrogen and oxygen atoms in total. The standard InChI is InChI=1S/C22H32N6O/c1-17-9-13-28(14-10-17)19-7-5-18(6-8-19)26-22(29)20-15-25-21(16-24-20)23-11-4-12-27(2)3/h5-8,15-17H,4,9-14H2,1-3H3,(H,23,25)(H,26,29). The molecule has 0 saturated carbocycles. The molecule has 2 N–H and O–H groups in total. The van der Waals surface area contributed by atoms with Crippen molar-refractivity contribution < 1.29 is 4.79 Å². The van der Waals surface area contributed by atoms with Crippen LogP contribution in [0.5, 0.6) is 0 Å². The van der Waals surface area contributed by atoms with Crippen LogP contribution in [0.15, 0.2) is 36.7 Å². The lowest BCUT2D eigenvalue weighted by molar-refractivity contribution is 0.102. The lowest BCUT2D eigenvalue weighted by atomic mass is 9.99. The van der Waals surface area contributed by atoms with Gasteiger partial charge in [0.1, 0.15) is 11.5 Å². The molecule has 1 amide bonds. The highest BCUT2D eigenvalue weighted by Crippen LogP contribution is 2.24. The molecular weight excluding hydrogens is 364 g/mol. The van der Waals surface area contributed by atoms with Crippen LogP contribution >= 0.6 is 0 Å². The molecule has 0 spiro atoms. The van der Waals surface area contributed by atoms with Crippen molar-refractivity contribution in [2.24, 2.45) is 5.92 Å². The van der Waals surface area contributed by atoms with Crippen LogP contribution < -0.4 is 15.5 Å². The Bertz CT molecular complexity index is 767. The Kier molecular flexibility index (Phi) is 7.41. The molecule has 29 heavy (non-hydrogen) atoms. The SMILES string of the molecule is CC1CCN(c2ccc(NC(=O)c3cnc(NCCCN(C)C)cn3)cc2)CC1. The Morgan fingerprint density at radius 2 is 1.86 bits per heavy atom. The minimum Gasteiger partial charge on any atom is -0.372 e. The second-order valence-corrected chi connectivity index (χ2v) is 8.04. The number of amides is 1. The number of benzene rings is 1. The van der Waals surface area contributed by atoms with Gasteiger partial charge in [-0.2, -0.15) is 0 Å². The third kappa shape index (κ3) is 6.42. The average Bonchev–Trinajstić information content (AvgIpc) is 2.73. The highest BCUT2D eigenvalue weighted by Gasteiger charge is 2.16. The first-order chi connectivity index (χ1) is 14.0. The van der Waals surface area contributed by atoms with Crippen molar-refractivity contribution in [2.75, 3.05) is 55.8 Å². The van der Waals surface area contributed by atoms with Crippen molar-refractivity contribution in [3.63, 3.8) is 0 Å². The van der Waals surface area contributed by atoms with Gasteiger partial charge in [0.15, 0.2) is 0 Å². The molecular formula is C22H32N6O. The normalized spacial score (nSPS) is 14.8. The van der Waals surface area contributed by atoms with E-state index in [1.165, 1.54) is 24.7 Å². The molecule has 0 unspecified atom stereocenters. The number of nitrogens with zero attached hydrogens (tertiary/aromatic N) is 4. The molecule has 2 heterocycles. The Hall–Kier alpha value is -2.67. The Balaban J connectivity index is 1.49. The number of nitrogens with one attached hydrogen (secondary N) is 2. The smallest absolute Gasteiger partial charge is 0.275 e. The van der Waals surface area contributed by atoms with Crippen LogP contribution in [0.1, 0.15) is 36.7 Å². The van der Waals surface area contributed by atoms with Crippen molar-refractivity contribution in [3.8, 4) is 0 Å². The summed E-state index contributed by atoms with van der Waals surface area (Å²) in [5.74, 6) is 1.24. The Labute approximate surface area is 173 Å². The third-order valence-corrected chi connectivity index (χ3v) is 5.25. The molecule has 1 aliphatic rings. The van der Waals surface area contributed by atoms with Crippen molar-refractivity contribution in [3.05, 3.63) is 42.4 Å². The van der Waals surface area contributed by atoms with E-state index in [2.05, 4.69) is 63.6 Å². The Morgan fingerprint density at radius 3 is 2.48 bits per heavy atom. The van der Waals surface area contributed by atoms with Gasteiger partial charge in [0.05, 0.1) is 12.4 Å². The molecule has 1 aromatic carbocycles. The molecule has 0 atom stereocenters. The fraction of sp³-hybridized carbons (Fsp3) is 0.500. The third-order valence-electron chi connectivity index (χ3n) is 5.25. The van der Waals surface area contributed by atoms with E-state index in [9.17, 15) is 4.79 Å². The maximum Gasteiger partial charge on any atom is 0.275 e. The van der Waals surface area contributed by atoms with Crippen LogP contribution in [0, 0.1) is 5.92 Å². The second kappa shape index (κ2) is 10.2. The predicted molar refractivity (Wildman–Crippen MR) is 119 cm³/mol. The molecule has 2 aromatic rings. The van der Waals surface area contributed by atoms with E-state index in [1.54, 1.807) is 6.20 Å². The largest absolute Gasteiger partial charge is 0.372 e. The summed E-state index contributed by atoms with van der Waals surface area (Å²) < 4.78 is 0. The summed E-state index contributed by atoms with van der Waals surface area (Å²) in [6, 6.07) is 8.02. The van der Waals surface area contributed by atoms with Gasteiger partial charge in [-0.05, 0) is 70.1 Å². The number of rotatable bonds is 8. The summed E-state index contributed by atoms with van der Waals surface area (Å²) in [6.45, 7) is 6.33. The molecule has 3 rings (SSSR count). The molecule has 0 radical (unpaired) electrons. The van der Waals surface area contributed by atoms with Gasteiger partial charge in [-0.15, -0.1) is 0 Å². The number of carbonyl (C=O) groups excluding carboxylic acids is 1. The van der Waals surface area contributed by atoms with Crippen molar-refractivity contribution in [1.29, 1.82) is 0 Å². The second-order valence-electron chi connectivity index (χ2n) is 8.04. The van der Waals surface area contributed by atoms with Crippen LogP contribution in [0.4, 0.5) is 17.2 Å². The van der Waals surface area contributed by atoms with Gasteiger partial charge in [0, 0.05) is 31.0 Å². The summed E-state index contributed by atoms with van der Waals surface area (Å²) in [7, 11) is 4.10. The monoisotopic (exact) mass is 396 g/mol. The van der Waals surface area contributed by atoms with Crippen LogP contribution in [-0.2, 0) is 0 Å². The maximum atomic E-state index is 12.4. The fourth-order valence-electron chi connectivity index (χ4n) is 3.37. The van der Waals surface area contributed by atoms with Crippen LogP contribution in [-0.4, -0.2) is 61.0 Å². The zero-order valence-electron chi connectivity index (χ0n) is 17.7. The van der Waals surface area contributed by atoms with Gasteiger partial charge in [-0.1, -0.05) is 6.92 Å². The van der Waals surface area contributed by atoms with Gasteiger partial charge in [0.2, 0.25) is 0 Å². The van der Waals surface area contributed by atoms with E-state index >= 15 is 0 Å². The molecule has 1 saturated heterocycles. The number of hydrogen-bond acceptors (Lipinski definition) is 6. The van der Waals surface area contributed by atoms with Crippen molar-refractivity contribution >= 4 is 23.1 Å². The number of aromatic nitrogens is 2. The first-order valence-corrected chi connectivity index (χ1v) is 10.4. The number of piperidine rings is 1. The van der Waals surface area contributed by atoms with E-state index < -0.39 is 0 Å². The number of anilines is 3. The summed E-state index contributed by atoms with van der Waals surface area (Å²) in [5, 5.41) is 6.11. The minimum absolute atomic E-state index is 0.254. The van der Waals surface area contributed by atoms with E-state index in [-0.39, 0.29) is 5.91 Å². The molecule has 0 bridgehead atoms. The highest BCUT2D eigenvalue weighted by molar-refractivity contribution is 6.02. The van der Waals surface area contributed by atoms with E-state index in [1.807, 2.05) is 12.1 Å². The lowest BCUT2D eigenvalue weighted by Crippen LogP contribution is -2.32. The van der Waals surface area contributed by atoms with Gasteiger partial charge < -0.3 is 20.4 Å². The first kappa shape index (κ1) is 21.0. The highest BCUT2D eigenvalue weighted by atomic mass is 16.1. The quantitative estimate of drug-likeness (QED) is 0.667. The zero-order valence-corrected chi connectivity index (χ0v) is 17.7. The summed E-state index contributed by atoms with van der Waals surface area (Å²) in [5.41, 5.74) is 2.27. The van der Waals surface area contributed by atoms with Crippen LogP contribution in [0.3, 0.4) is 0 Å². The molecule has 7 heteroatoms. The maximum absolute atomic E-state index is 12.4. The first-order valence-electron chi connectivity index (χ1n) is 10.4. The van der Waals surface area contributed by atoms with Crippen LogP contribution in [0.25, 0.3) is 0 Å². The fourth-order valence-corrected chi connectivity index (χ4v) is 3.37. The van der Waals surface area contributed by atoms with Crippen LogP contribution in [0.2, 0.25) is 0 Å². The lowest BCUT2D eigenvalue weighted by Gasteiger charge is -2.32. The molecule has 1 fully saturated rings. The Morgan fingerprint density at radius 1 is 1.14 bits per heavy atom. The number of carbonyl (C=O) groups is 1. The topological polar surface area (TPSA) is 73.4 Å². The molecule has 156 valence electrons. The average molecular weight is 397 g/mol. The molecule has 1 aromatic heterocycles. The summed E-state index contributed by atoms with van der Waals surface area (Å²) in [4.78, 5) is 25.5. The minimum atomic E-state index is -0.254. The summed E-state index contributed by atoms with van der Waals surface area (Å²) in [6.07, 6.45) is 6.59. The predicted octanol–water partition coefficient (Wildman–Crippen LogP) is 3.33. The number of hydrogen-bond donors (Lipinski definition) is 2. The van der Waals surface area contributed by atoms with Crippen molar-refractivity contribution in [1.82, 2.24) is 14.9 Å². The van der Waals surface area contributed by atoms with E-state index in [4.69, 9.17) is 0 Å². The molecule has 0 aliphatic carbocycles. The van der Waals surface area contributed by atoms with Gasteiger partial charge in [-0.3, -0.25) is 4.79 Å². The zero-order chi connectivity index (χ0) is 20.6. The van der Waals surface area contributed by atoms with E-state index in [0.29, 0.717) is 11.5 Å². The van der Waals surface area contributed by atoms with Gasteiger partial charge in [0.25, 0.3) is 5.91 Å². The summed E-state index contributed by atoms with van der Waals surface area (Å²) >= 11 is 0. The molecule has 1 aliphatic heterocycles. The van der Waals surface area contributed by atoms with E-state index in [0.717, 1.165) is 44.2 Å². The van der Waals surface area contributed by atoms with Gasteiger partial charge >= 0.3 is 0 Å².